The predicted molar refractivity (Wildman–Crippen MR) is 289 cm³/mol. The summed E-state index contributed by atoms with van der Waals surface area (Å²) in [5.41, 5.74) is 8.08. The van der Waals surface area contributed by atoms with Crippen LogP contribution >= 0.6 is 11.3 Å². The quantitative estimate of drug-likeness (QED) is 0.0638. The molecule has 0 unspecified atom stereocenters. The van der Waals surface area contributed by atoms with Crippen LogP contribution in [0.1, 0.15) is 94.9 Å². The molecular formula is C55H68F5N11O6S. The van der Waals surface area contributed by atoms with Crippen LogP contribution in [0.3, 0.4) is 0 Å². The predicted octanol–water partition coefficient (Wildman–Crippen LogP) is 7.68. The summed E-state index contributed by atoms with van der Waals surface area (Å²) in [5.74, 6) is -4.22. The third-order valence-corrected chi connectivity index (χ3v) is 14.9. The summed E-state index contributed by atoms with van der Waals surface area (Å²) in [7, 11) is 1.97. The summed E-state index contributed by atoms with van der Waals surface area (Å²) in [4.78, 5) is 85.3. The second-order valence-corrected chi connectivity index (χ2v) is 21.5. The Morgan fingerprint density at radius 3 is 2.10 bits per heavy atom. The molecule has 0 radical (unpaired) electrons. The highest BCUT2D eigenvalue weighted by molar-refractivity contribution is 7.13. The Kier molecular flexibility index (Phi) is 19.7. The van der Waals surface area contributed by atoms with E-state index in [-0.39, 0.29) is 85.1 Å². The number of thiazole rings is 1. The number of nitrogen functional groups attached to an aromatic ring is 1. The summed E-state index contributed by atoms with van der Waals surface area (Å²) in [6.07, 6.45) is -3.08. The summed E-state index contributed by atoms with van der Waals surface area (Å²) in [6.45, 7) is 17.6. The number of likely N-dealkylation sites (N-methyl/N-ethyl adjacent to an activating group) is 1. The van der Waals surface area contributed by atoms with Gasteiger partial charge in [0.2, 0.25) is 29.6 Å². The van der Waals surface area contributed by atoms with E-state index in [9.17, 15) is 46.6 Å². The van der Waals surface area contributed by atoms with Gasteiger partial charge < -0.3 is 41.5 Å². The van der Waals surface area contributed by atoms with Crippen molar-refractivity contribution in [2.45, 2.75) is 118 Å². The first-order valence-corrected chi connectivity index (χ1v) is 26.5. The lowest BCUT2D eigenvalue weighted by molar-refractivity contribution is -0.144. The van der Waals surface area contributed by atoms with Crippen molar-refractivity contribution in [2.24, 2.45) is 5.41 Å². The number of aliphatic hydroxyl groups is 1. The molecule has 5 amide bonds. The number of carbonyl (C=O) groups is 5. The number of hydrogen-bond acceptors (Lipinski definition) is 13. The first kappa shape index (κ1) is 60.1. The third-order valence-electron chi connectivity index (χ3n) is 13.9. The van der Waals surface area contributed by atoms with Gasteiger partial charge in [0, 0.05) is 94.1 Å². The molecule has 2 fully saturated rings. The minimum absolute atomic E-state index is 0.00269. The van der Waals surface area contributed by atoms with Gasteiger partial charge in [0.05, 0.1) is 44.7 Å². The van der Waals surface area contributed by atoms with Crippen molar-refractivity contribution >= 4 is 58.2 Å². The average Bonchev–Trinajstić information content (AvgIpc) is 4.01. The number of nitrogens with two attached hydrogens (primary N) is 1. The van der Waals surface area contributed by atoms with E-state index in [0.717, 1.165) is 33.8 Å². The Labute approximate surface area is 454 Å². The number of piperazine rings is 1. The summed E-state index contributed by atoms with van der Waals surface area (Å²) in [5, 5.41) is 18.6. The van der Waals surface area contributed by atoms with Crippen LogP contribution in [0, 0.1) is 24.0 Å². The van der Waals surface area contributed by atoms with Crippen LogP contribution in [-0.4, -0.2) is 134 Å². The highest BCUT2D eigenvalue weighted by Crippen LogP contribution is 2.38. The molecule has 0 aliphatic carbocycles. The van der Waals surface area contributed by atoms with Gasteiger partial charge in [0.1, 0.15) is 23.7 Å². The molecule has 2 aliphatic rings. The van der Waals surface area contributed by atoms with Gasteiger partial charge in [-0.05, 0) is 88.5 Å². The van der Waals surface area contributed by atoms with Crippen LogP contribution in [0.25, 0.3) is 21.6 Å². The molecule has 420 valence electrons. The molecule has 5 aromatic rings. The minimum Gasteiger partial charge on any atom is -0.391 e. The van der Waals surface area contributed by atoms with Crippen molar-refractivity contribution in [1.82, 2.24) is 40.3 Å². The number of aromatic nitrogens is 3. The van der Waals surface area contributed by atoms with Crippen LogP contribution in [-0.2, 0) is 31.9 Å². The first-order chi connectivity index (χ1) is 36.7. The second-order valence-electron chi connectivity index (χ2n) is 20.6. The highest BCUT2D eigenvalue weighted by Gasteiger charge is 2.45. The van der Waals surface area contributed by atoms with Crippen LogP contribution < -0.4 is 26.6 Å². The number of β-amino-alcohol motifs (C(OH)–C–C–N with tert-alkyl or cyclic N) is 1. The summed E-state index contributed by atoms with van der Waals surface area (Å²) in [6, 6.07) is 10.6. The fourth-order valence-electron chi connectivity index (χ4n) is 9.33. The number of halogens is 5. The van der Waals surface area contributed by atoms with Gasteiger partial charge in [-0.15, -0.1) is 11.3 Å². The van der Waals surface area contributed by atoms with E-state index >= 15 is 4.39 Å². The number of anilines is 3. The Morgan fingerprint density at radius 2 is 1.53 bits per heavy atom. The van der Waals surface area contributed by atoms with Crippen molar-refractivity contribution in [3.63, 3.8) is 0 Å². The summed E-state index contributed by atoms with van der Waals surface area (Å²) < 4.78 is 69.6. The summed E-state index contributed by atoms with van der Waals surface area (Å²) >= 11 is 1.58. The number of rotatable bonds is 15. The zero-order valence-corrected chi connectivity index (χ0v) is 46.0. The molecule has 5 atom stereocenters. The molecule has 6 N–H and O–H groups in total. The fraction of sp³-hybridized carbons (Fsp3) is 0.455. The standard InChI is InChI=1S/C30H43N5O5S.C25H25F5N6O/c1-7-34(8-2)25(38)14-13-24(37)33-27(30(4,5)6)29(40)35-17-22(36)15-23(35)28(39)31-16-20-9-11-21(12-10-20)26-19(3)32-18-41-26;1-13-11-36(12-14(2)35(13)3)22-8-20(27)18(15-9-32-24(31)33-10-15)7-21(22)34-23(37)17-5-4-16(26)6-19(17)25(28,29)30/h9-12,18,22-23,27,36H,7-8,13-17H2,1-6H3,(H,31,39)(H,33,37);4-10,13-14H,11-12H2,1-3H3,(H,34,37)(H2,31,32,33)/t22-,23+,27-;13-,14+/m1./s1. The molecule has 78 heavy (non-hydrogen) atoms. The number of likely N-dealkylation sites (tertiary alicyclic amines) is 1. The smallest absolute Gasteiger partial charge is 0.391 e. The van der Waals surface area contributed by atoms with Gasteiger partial charge in [-0.2, -0.15) is 13.2 Å². The van der Waals surface area contributed by atoms with Gasteiger partial charge >= 0.3 is 6.18 Å². The van der Waals surface area contributed by atoms with Crippen molar-refractivity contribution in [3.05, 3.63) is 107 Å². The molecule has 2 aromatic heterocycles. The van der Waals surface area contributed by atoms with Crippen LogP contribution in [0.4, 0.5) is 39.3 Å². The Hall–Kier alpha value is -7.11. The molecule has 23 heteroatoms. The van der Waals surface area contributed by atoms with Crippen molar-refractivity contribution in [3.8, 4) is 21.6 Å². The first-order valence-electron chi connectivity index (χ1n) is 25.6. The molecule has 0 saturated carbocycles. The number of nitrogens with one attached hydrogen (secondary N) is 3. The lowest BCUT2D eigenvalue weighted by atomic mass is 9.85. The Morgan fingerprint density at radius 1 is 0.885 bits per heavy atom. The third kappa shape index (κ3) is 14.9. The molecule has 0 spiro atoms. The average molecular weight is 1110 g/mol. The molecule has 3 aromatic carbocycles. The number of nitrogens with zero attached hydrogens (tertiary/aromatic N) is 7. The Bertz CT molecular complexity index is 2920. The van der Waals surface area contributed by atoms with E-state index in [1.807, 2.05) is 97.1 Å². The highest BCUT2D eigenvalue weighted by atomic mass is 32.1. The fourth-order valence-corrected chi connectivity index (χ4v) is 10.1. The number of alkyl halides is 3. The number of amides is 5. The number of carbonyl (C=O) groups excluding carboxylic acids is 5. The van der Waals surface area contributed by atoms with Gasteiger partial charge in [-0.1, -0.05) is 45.0 Å². The maximum Gasteiger partial charge on any atom is 0.417 e. The van der Waals surface area contributed by atoms with E-state index in [2.05, 4.69) is 35.8 Å². The molecule has 2 saturated heterocycles. The van der Waals surface area contributed by atoms with E-state index < -0.39 is 70.3 Å². The Balaban J connectivity index is 0.000000253. The number of aliphatic hydroxyl groups excluding tert-OH is 1. The van der Waals surface area contributed by atoms with E-state index in [0.29, 0.717) is 31.9 Å². The van der Waals surface area contributed by atoms with E-state index in [1.54, 1.807) is 16.2 Å². The maximum atomic E-state index is 15.3. The lowest BCUT2D eigenvalue weighted by Gasteiger charge is -2.44. The van der Waals surface area contributed by atoms with Crippen molar-refractivity contribution in [1.29, 1.82) is 0 Å². The SMILES string of the molecule is CCN(CC)C(=O)CCC(=O)N[C@H](C(=O)N1C[C@H](O)C[C@H]1C(=O)NCc1ccc(-c2scnc2C)cc1)C(C)(C)C.C[C@@H]1CN(c2cc(F)c(-c3cnc(N)nc3)cc2NC(=O)c2ccc(F)cc2C(F)(F)F)C[C@H](C)N1C. The minimum atomic E-state index is -4.96. The van der Waals surface area contributed by atoms with E-state index in [4.69, 9.17) is 5.73 Å². The number of benzene rings is 3. The number of aryl methyl sites for hydroxylation is 1. The van der Waals surface area contributed by atoms with Gasteiger partial charge in [0.15, 0.2) is 0 Å². The molecule has 2 aliphatic heterocycles. The van der Waals surface area contributed by atoms with Crippen LogP contribution in [0.15, 0.2) is 72.5 Å². The van der Waals surface area contributed by atoms with Gasteiger partial charge in [0.25, 0.3) is 5.91 Å². The van der Waals surface area contributed by atoms with Crippen LogP contribution in [0.2, 0.25) is 0 Å². The largest absolute Gasteiger partial charge is 0.417 e. The monoisotopic (exact) mass is 1110 g/mol. The molecule has 7 rings (SSSR count). The van der Waals surface area contributed by atoms with E-state index in [1.165, 1.54) is 29.4 Å². The lowest BCUT2D eigenvalue weighted by Crippen LogP contribution is -2.57. The maximum absolute atomic E-state index is 15.3. The second kappa shape index (κ2) is 25.6. The van der Waals surface area contributed by atoms with Crippen molar-refractivity contribution < 1.29 is 51.0 Å². The molecule has 17 nitrogen and oxygen atoms in total. The molecule has 0 bridgehead atoms. The van der Waals surface area contributed by atoms with Crippen molar-refractivity contribution in [2.75, 3.05) is 55.7 Å². The van der Waals surface area contributed by atoms with Crippen LogP contribution in [0.5, 0.6) is 0 Å². The zero-order chi connectivity index (χ0) is 57.4. The topological polar surface area (TPSA) is 219 Å². The normalized spacial score (nSPS) is 18.1. The van der Waals surface area contributed by atoms with Gasteiger partial charge in [-0.25, -0.2) is 23.7 Å². The van der Waals surface area contributed by atoms with Gasteiger partial charge in [-0.3, -0.25) is 28.9 Å². The molecule has 4 heterocycles. The molecular weight excluding hydrogens is 1040 g/mol. The zero-order valence-electron chi connectivity index (χ0n) is 45.2. The number of hydrogen-bond donors (Lipinski definition) is 5.